The molecule has 0 spiro atoms. The first-order valence-electron chi connectivity index (χ1n) is 4.99. The Hall–Kier alpha value is -1.35. The molecular weight excluding hydrogens is 250 g/mol. The molecule has 0 rings (SSSR count). The van der Waals surface area contributed by atoms with E-state index in [0.717, 1.165) is 6.26 Å². The molecule has 17 heavy (non-hydrogen) atoms. The highest BCUT2D eigenvalue weighted by Gasteiger charge is 2.02. The second-order valence-electron chi connectivity index (χ2n) is 3.35. The van der Waals surface area contributed by atoms with E-state index in [9.17, 15) is 18.0 Å². The minimum absolute atomic E-state index is 0.0583. The number of nitrogens with one attached hydrogen (secondary N) is 3. The van der Waals surface area contributed by atoms with Crippen molar-refractivity contribution in [1.29, 1.82) is 0 Å². The number of carbonyl (C=O) groups excluding carboxylic acids is 1. The second-order valence-corrected chi connectivity index (χ2v) is 5.18. The van der Waals surface area contributed by atoms with Crippen LogP contribution in [0.5, 0.6) is 0 Å². The molecule has 0 aromatic carbocycles. The Balaban J connectivity index is 3.43. The molecule has 0 atom stereocenters. The van der Waals surface area contributed by atoms with Crippen LogP contribution in [0.2, 0.25) is 0 Å². The number of hydrogen-bond donors (Lipinski definition) is 4. The number of rotatable bonds is 8. The van der Waals surface area contributed by atoms with Crippen LogP contribution in [0.15, 0.2) is 0 Å². The normalized spacial score (nSPS) is 10.9. The van der Waals surface area contributed by atoms with Crippen molar-refractivity contribution in [3.05, 3.63) is 0 Å². The Morgan fingerprint density at radius 3 is 2.24 bits per heavy atom. The van der Waals surface area contributed by atoms with E-state index in [-0.39, 0.29) is 19.5 Å². The predicted octanol–water partition coefficient (Wildman–Crippen LogP) is -1.30. The third-order valence-corrected chi connectivity index (χ3v) is 2.36. The highest BCUT2D eigenvalue weighted by Crippen LogP contribution is 1.79. The summed E-state index contributed by atoms with van der Waals surface area (Å²) in [6.45, 7) is 0.610. The van der Waals surface area contributed by atoms with Gasteiger partial charge in [-0.2, -0.15) is 0 Å². The topological polar surface area (TPSA) is 125 Å². The van der Waals surface area contributed by atoms with E-state index < -0.39 is 22.0 Å². The third-order valence-electron chi connectivity index (χ3n) is 1.63. The average Bonchev–Trinajstić information content (AvgIpc) is 2.14. The van der Waals surface area contributed by atoms with Gasteiger partial charge in [0, 0.05) is 19.6 Å². The van der Waals surface area contributed by atoms with Gasteiger partial charge in [0.05, 0.1) is 12.7 Å². The average molecular weight is 267 g/mol. The summed E-state index contributed by atoms with van der Waals surface area (Å²) in [6, 6.07) is -0.467. The van der Waals surface area contributed by atoms with E-state index in [1.54, 1.807) is 0 Å². The lowest BCUT2D eigenvalue weighted by Crippen LogP contribution is -2.38. The molecule has 0 heterocycles. The fourth-order valence-corrected chi connectivity index (χ4v) is 1.41. The third kappa shape index (κ3) is 12.6. The number of sulfonamides is 1. The first-order valence-corrected chi connectivity index (χ1v) is 6.88. The van der Waals surface area contributed by atoms with Crippen molar-refractivity contribution in [3.8, 4) is 0 Å². The summed E-state index contributed by atoms with van der Waals surface area (Å²) in [6.07, 6.45) is 1.38. The molecule has 0 saturated carbocycles. The maximum Gasteiger partial charge on any atom is 0.314 e. The Morgan fingerprint density at radius 1 is 1.12 bits per heavy atom. The number of carboxylic acids is 1. The zero-order valence-corrected chi connectivity index (χ0v) is 10.3. The molecule has 0 bridgehead atoms. The molecule has 0 aromatic heterocycles. The fourth-order valence-electron chi connectivity index (χ4n) is 0.893. The van der Waals surface area contributed by atoms with Crippen LogP contribution in [-0.4, -0.2) is 51.4 Å². The lowest BCUT2D eigenvalue weighted by molar-refractivity contribution is -0.136. The van der Waals surface area contributed by atoms with Crippen LogP contribution >= 0.6 is 0 Å². The molecule has 0 aromatic rings. The zero-order valence-electron chi connectivity index (χ0n) is 9.52. The Morgan fingerprint density at radius 2 is 1.71 bits per heavy atom. The second kappa shape index (κ2) is 7.85. The van der Waals surface area contributed by atoms with Crippen molar-refractivity contribution in [2.45, 2.75) is 12.8 Å². The molecular formula is C8H17N3O5S. The van der Waals surface area contributed by atoms with Gasteiger partial charge >= 0.3 is 12.0 Å². The smallest absolute Gasteiger partial charge is 0.314 e. The summed E-state index contributed by atoms with van der Waals surface area (Å²) in [5, 5.41) is 13.1. The molecule has 0 aliphatic carbocycles. The maximum atomic E-state index is 11.0. The highest BCUT2D eigenvalue weighted by atomic mass is 32.2. The molecule has 9 heteroatoms. The van der Waals surface area contributed by atoms with Crippen molar-refractivity contribution in [2.24, 2.45) is 0 Å². The SMILES string of the molecule is CS(=O)(=O)NCCCNC(=O)NCCC(=O)O. The van der Waals surface area contributed by atoms with E-state index in [0.29, 0.717) is 13.0 Å². The van der Waals surface area contributed by atoms with Crippen molar-refractivity contribution >= 4 is 22.0 Å². The number of urea groups is 1. The van der Waals surface area contributed by atoms with Crippen LogP contribution in [0.4, 0.5) is 4.79 Å². The first kappa shape index (κ1) is 15.7. The summed E-state index contributed by atoms with van der Waals surface area (Å²) in [7, 11) is -3.19. The van der Waals surface area contributed by atoms with Crippen molar-refractivity contribution in [1.82, 2.24) is 15.4 Å². The summed E-state index contributed by atoms with van der Waals surface area (Å²) in [5.41, 5.74) is 0. The molecule has 0 radical (unpaired) electrons. The van der Waals surface area contributed by atoms with Crippen LogP contribution < -0.4 is 15.4 Å². The molecule has 2 amide bonds. The lowest BCUT2D eigenvalue weighted by atomic mass is 10.4. The van der Waals surface area contributed by atoms with Crippen LogP contribution in [0.1, 0.15) is 12.8 Å². The molecule has 0 fully saturated rings. The molecule has 0 unspecified atom stereocenters. The summed E-state index contributed by atoms with van der Waals surface area (Å²) < 4.78 is 23.6. The van der Waals surface area contributed by atoms with Gasteiger partial charge in [0.25, 0.3) is 0 Å². The standard InChI is InChI=1S/C8H17N3O5S/c1-17(15,16)11-5-2-4-9-8(14)10-6-3-7(12)13/h11H,2-6H2,1H3,(H,12,13)(H2,9,10,14). The van der Waals surface area contributed by atoms with E-state index in [4.69, 9.17) is 5.11 Å². The van der Waals surface area contributed by atoms with Crippen LogP contribution in [-0.2, 0) is 14.8 Å². The Labute approximate surface area is 99.8 Å². The quantitative estimate of drug-likeness (QED) is 0.407. The van der Waals surface area contributed by atoms with Gasteiger partial charge < -0.3 is 15.7 Å². The lowest BCUT2D eigenvalue weighted by Gasteiger charge is -2.06. The molecule has 0 aliphatic heterocycles. The van der Waals surface area contributed by atoms with Gasteiger partial charge in [0.1, 0.15) is 0 Å². The summed E-state index contributed by atoms with van der Waals surface area (Å²) >= 11 is 0. The zero-order chi connectivity index (χ0) is 13.3. The van der Waals surface area contributed by atoms with Gasteiger partial charge in [-0.1, -0.05) is 0 Å². The summed E-state index contributed by atoms with van der Waals surface area (Å²) in [5.74, 6) is -0.984. The van der Waals surface area contributed by atoms with E-state index >= 15 is 0 Å². The number of carboxylic acid groups (broad SMARTS) is 1. The number of amides is 2. The summed E-state index contributed by atoms with van der Waals surface area (Å²) in [4.78, 5) is 21.2. The van der Waals surface area contributed by atoms with Gasteiger partial charge in [0.2, 0.25) is 10.0 Å². The van der Waals surface area contributed by atoms with Gasteiger partial charge in [-0.25, -0.2) is 17.9 Å². The van der Waals surface area contributed by atoms with Gasteiger partial charge in [-0.05, 0) is 6.42 Å². The monoisotopic (exact) mass is 267 g/mol. The van der Waals surface area contributed by atoms with Crippen molar-refractivity contribution < 1.29 is 23.1 Å². The highest BCUT2D eigenvalue weighted by molar-refractivity contribution is 7.88. The molecule has 0 saturated heterocycles. The Bertz CT molecular complexity index is 354. The van der Waals surface area contributed by atoms with Gasteiger partial charge in [-0.3, -0.25) is 4.79 Å². The molecule has 4 N–H and O–H groups in total. The largest absolute Gasteiger partial charge is 0.481 e. The molecule has 100 valence electrons. The van der Waals surface area contributed by atoms with Gasteiger partial charge in [-0.15, -0.1) is 0 Å². The predicted molar refractivity (Wildman–Crippen MR) is 61.1 cm³/mol. The first-order chi connectivity index (χ1) is 7.81. The van der Waals surface area contributed by atoms with E-state index in [2.05, 4.69) is 15.4 Å². The number of aliphatic carboxylic acids is 1. The van der Waals surface area contributed by atoms with Gasteiger partial charge in [0.15, 0.2) is 0 Å². The van der Waals surface area contributed by atoms with Crippen LogP contribution in [0.25, 0.3) is 0 Å². The van der Waals surface area contributed by atoms with Crippen LogP contribution in [0, 0.1) is 0 Å². The van der Waals surface area contributed by atoms with Crippen LogP contribution in [0.3, 0.4) is 0 Å². The van der Waals surface area contributed by atoms with E-state index in [1.807, 2.05) is 0 Å². The van der Waals surface area contributed by atoms with Crippen molar-refractivity contribution in [2.75, 3.05) is 25.9 Å². The molecule has 8 nitrogen and oxygen atoms in total. The number of carbonyl (C=O) groups is 2. The van der Waals surface area contributed by atoms with Crippen molar-refractivity contribution in [3.63, 3.8) is 0 Å². The molecule has 0 aliphatic rings. The maximum absolute atomic E-state index is 11.0. The Kier molecular flexibility index (Phi) is 7.22. The number of hydrogen-bond acceptors (Lipinski definition) is 4. The fraction of sp³-hybridized carbons (Fsp3) is 0.750. The minimum Gasteiger partial charge on any atom is -0.481 e. The van der Waals surface area contributed by atoms with E-state index in [1.165, 1.54) is 0 Å². The minimum atomic E-state index is -3.19.